The molecule has 0 fully saturated rings. The third-order valence-electron chi connectivity index (χ3n) is 3.52. The van der Waals surface area contributed by atoms with Crippen LogP contribution in [0.1, 0.15) is 23.9 Å². The second-order valence-electron chi connectivity index (χ2n) is 5.24. The van der Waals surface area contributed by atoms with Gasteiger partial charge >= 0.3 is 0 Å². The number of hydrogen-bond acceptors (Lipinski definition) is 3. The number of guanidine groups is 1. The van der Waals surface area contributed by atoms with Crippen molar-refractivity contribution in [1.29, 1.82) is 0 Å². The molecule has 0 saturated heterocycles. The molecule has 0 spiro atoms. The SMILES string of the molecule is CCNC(=NCc1ncnn1C)NCCc1ccc(F)cc1C.I. The Balaban J connectivity index is 0.00000288. The molecule has 6 nitrogen and oxygen atoms in total. The monoisotopic (exact) mass is 446 g/mol. The third-order valence-corrected chi connectivity index (χ3v) is 3.52. The number of halogens is 2. The van der Waals surface area contributed by atoms with Crippen molar-refractivity contribution in [3.63, 3.8) is 0 Å². The molecule has 0 bridgehead atoms. The maximum atomic E-state index is 13.1. The van der Waals surface area contributed by atoms with Gasteiger partial charge in [-0.05, 0) is 43.5 Å². The fourth-order valence-electron chi connectivity index (χ4n) is 2.21. The van der Waals surface area contributed by atoms with Crippen LogP contribution in [0, 0.1) is 12.7 Å². The molecule has 0 radical (unpaired) electrons. The van der Waals surface area contributed by atoms with Crippen molar-refractivity contribution in [2.24, 2.45) is 12.0 Å². The molecule has 2 N–H and O–H groups in total. The van der Waals surface area contributed by atoms with Crippen molar-refractivity contribution in [3.05, 3.63) is 47.3 Å². The molecule has 24 heavy (non-hydrogen) atoms. The molecule has 8 heteroatoms. The van der Waals surface area contributed by atoms with E-state index in [0.717, 1.165) is 42.4 Å². The number of aromatic nitrogens is 3. The molecule has 0 aliphatic heterocycles. The molecular weight excluding hydrogens is 422 g/mol. The first kappa shape index (κ1) is 20.3. The van der Waals surface area contributed by atoms with Crippen LogP contribution in [0.15, 0.2) is 29.5 Å². The Bertz CT molecular complexity index is 670. The summed E-state index contributed by atoms with van der Waals surface area (Å²) in [5.41, 5.74) is 2.09. The van der Waals surface area contributed by atoms with Crippen molar-refractivity contribution in [1.82, 2.24) is 25.4 Å². The molecule has 0 atom stereocenters. The summed E-state index contributed by atoms with van der Waals surface area (Å²) in [4.78, 5) is 8.64. The molecule has 2 rings (SSSR count). The lowest BCUT2D eigenvalue weighted by Crippen LogP contribution is -2.38. The van der Waals surface area contributed by atoms with Crippen molar-refractivity contribution in [3.8, 4) is 0 Å². The van der Waals surface area contributed by atoms with Gasteiger partial charge in [0.15, 0.2) is 5.96 Å². The molecule has 2 aromatic rings. The van der Waals surface area contributed by atoms with E-state index in [9.17, 15) is 4.39 Å². The van der Waals surface area contributed by atoms with Crippen LogP contribution in [0.2, 0.25) is 0 Å². The summed E-state index contributed by atoms with van der Waals surface area (Å²) in [5, 5.41) is 10.5. The number of benzene rings is 1. The number of aryl methyl sites for hydroxylation is 2. The number of nitrogens with zero attached hydrogens (tertiary/aromatic N) is 4. The van der Waals surface area contributed by atoms with Gasteiger partial charge in [0.25, 0.3) is 0 Å². The second-order valence-corrected chi connectivity index (χ2v) is 5.24. The van der Waals surface area contributed by atoms with Crippen LogP contribution in [0.3, 0.4) is 0 Å². The van der Waals surface area contributed by atoms with Gasteiger partial charge in [0.2, 0.25) is 0 Å². The minimum atomic E-state index is -0.196. The minimum absolute atomic E-state index is 0. The van der Waals surface area contributed by atoms with Gasteiger partial charge in [-0.1, -0.05) is 6.07 Å². The zero-order valence-corrected chi connectivity index (χ0v) is 16.5. The highest BCUT2D eigenvalue weighted by Gasteiger charge is 2.03. The lowest BCUT2D eigenvalue weighted by atomic mass is 10.1. The van der Waals surface area contributed by atoms with E-state index >= 15 is 0 Å². The van der Waals surface area contributed by atoms with Crippen molar-refractivity contribution in [2.75, 3.05) is 13.1 Å². The fraction of sp³-hybridized carbons (Fsp3) is 0.438. The Morgan fingerprint density at radius 1 is 1.33 bits per heavy atom. The van der Waals surface area contributed by atoms with Crippen molar-refractivity contribution < 1.29 is 4.39 Å². The number of nitrogens with one attached hydrogen (secondary N) is 2. The highest BCUT2D eigenvalue weighted by Crippen LogP contribution is 2.10. The Labute approximate surface area is 159 Å². The standard InChI is InChI=1S/C16H23FN6.HI/c1-4-18-16(20-10-15-21-11-22-23(15)3)19-8-7-13-5-6-14(17)9-12(13)2;/h5-6,9,11H,4,7-8,10H2,1-3H3,(H2,18,19,20);1H. The number of aliphatic imine (C=N–C) groups is 1. The van der Waals surface area contributed by atoms with Gasteiger partial charge in [-0.2, -0.15) is 5.10 Å². The lowest BCUT2D eigenvalue weighted by molar-refractivity contribution is 0.625. The largest absolute Gasteiger partial charge is 0.357 e. The molecule has 0 amide bonds. The van der Waals surface area contributed by atoms with Crippen LogP contribution in [0.25, 0.3) is 0 Å². The summed E-state index contributed by atoms with van der Waals surface area (Å²) < 4.78 is 14.8. The van der Waals surface area contributed by atoms with Gasteiger partial charge in [-0.15, -0.1) is 24.0 Å². The predicted molar refractivity (Wildman–Crippen MR) is 104 cm³/mol. The van der Waals surface area contributed by atoms with Gasteiger partial charge in [0.1, 0.15) is 24.5 Å². The van der Waals surface area contributed by atoms with Crippen molar-refractivity contribution >= 4 is 29.9 Å². The van der Waals surface area contributed by atoms with Crippen LogP contribution in [-0.4, -0.2) is 33.8 Å². The minimum Gasteiger partial charge on any atom is -0.357 e. The zero-order chi connectivity index (χ0) is 16.7. The molecule has 0 aliphatic rings. The van der Waals surface area contributed by atoms with Gasteiger partial charge in [-0.25, -0.2) is 14.4 Å². The topological polar surface area (TPSA) is 67.1 Å². The molecule has 0 saturated carbocycles. The van der Waals surface area contributed by atoms with Crippen LogP contribution in [0.4, 0.5) is 4.39 Å². The van der Waals surface area contributed by atoms with Crippen molar-refractivity contribution in [2.45, 2.75) is 26.8 Å². The molecular formula is C16H24FIN6. The predicted octanol–water partition coefficient (Wildman–Crippen LogP) is 2.18. The maximum absolute atomic E-state index is 13.1. The van der Waals surface area contributed by atoms with Gasteiger partial charge in [0, 0.05) is 20.1 Å². The summed E-state index contributed by atoms with van der Waals surface area (Å²) in [6, 6.07) is 4.88. The quantitative estimate of drug-likeness (QED) is 0.406. The average Bonchev–Trinajstić information content (AvgIpc) is 2.92. The van der Waals surface area contributed by atoms with E-state index in [0.29, 0.717) is 6.54 Å². The Hall–Kier alpha value is -1.71. The summed E-state index contributed by atoms with van der Waals surface area (Å²) >= 11 is 0. The Kier molecular flexibility index (Phi) is 8.66. The third kappa shape index (κ3) is 6.06. The Morgan fingerprint density at radius 2 is 2.12 bits per heavy atom. The number of rotatable bonds is 6. The summed E-state index contributed by atoms with van der Waals surface area (Å²) in [6.07, 6.45) is 2.32. The summed E-state index contributed by atoms with van der Waals surface area (Å²) in [7, 11) is 1.84. The van der Waals surface area contributed by atoms with E-state index in [2.05, 4.69) is 25.7 Å². The second kappa shape index (κ2) is 10.2. The van der Waals surface area contributed by atoms with Crippen LogP contribution < -0.4 is 10.6 Å². The maximum Gasteiger partial charge on any atom is 0.191 e. The van der Waals surface area contributed by atoms with Crippen LogP contribution in [0.5, 0.6) is 0 Å². The lowest BCUT2D eigenvalue weighted by Gasteiger charge is -2.12. The van der Waals surface area contributed by atoms with E-state index in [1.165, 1.54) is 12.4 Å². The first-order valence-corrected chi connectivity index (χ1v) is 7.70. The zero-order valence-electron chi connectivity index (χ0n) is 14.2. The first-order valence-electron chi connectivity index (χ1n) is 7.70. The summed E-state index contributed by atoms with van der Waals surface area (Å²) in [6.45, 7) is 5.90. The molecule has 1 heterocycles. The van der Waals surface area contributed by atoms with Gasteiger partial charge in [0.05, 0.1) is 0 Å². The Morgan fingerprint density at radius 3 is 2.75 bits per heavy atom. The molecule has 132 valence electrons. The highest BCUT2D eigenvalue weighted by atomic mass is 127. The number of hydrogen-bond donors (Lipinski definition) is 2. The first-order chi connectivity index (χ1) is 11.1. The molecule has 0 unspecified atom stereocenters. The average molecular weight is 446 g/mol. The smallest absolute Gasteiger partial charge is 0.191 e. The highest BCUT2D eigenvalue weighted by molar-refractivity contribution is 14.0. The normalized spacial score (nSPS) is 11.1. The van der Waals surface area contributed by atoms with Crippen LogP contribution >= 0.6 is 24.0 Å². The summed E-state index contributed by atoms with van der Waals surface area (Å²) in [5.74, 6) is 1.34. The van der Waals surface area contributed by atoms with Gasteiger partial charge < -0.3 is 10.6 Å². The molecule has 1 aromatic heterocycles. The van der Waals surface area contributed by atoms with E-state index in [4.69, 9.17) is 0 Å². The van der Waals surface area contributed by atoms with E-state index in [1.54, 1.807) is 10.7 Å². The molecule has 1 aromatic carbocycles. The van der Waals surface area contributed by atoms with E-state index < -0.39 is 0 Å². The van der Waals surface area contributed by atoms with E-state index in [1.807, 2.05) is 27.0 Å². The fourth-order valence-corrected chi connectivity index (χ4v) is 2.21. The van der Waals surface area contributed by atoms with Gasteiger partial charge in [-0.3, -0.25) is 4.68 Å². The molecule has 0 aliphatic carbocycles. The van der Waals surface area contributed by atoms with Crippen LogP contribution in [-0.2, 0) is 20.0 Å². The van der Waals surface area contributed by atoms with E-state index in [-0.39, 0.29) is 29.8 Å².